The molecule has 0 amide bonds. The summed E-state index contributed by atoms with van der Waals surface area (Å²) in [5, 5.41) is 7.58. The maximum absolute atomic E-state index is 13.2. The van der Waals surface area contributed by atoms with Gasteiger partial charge in [-0.05, 0) is 24.6 Å². The molecule has 0 spiro atoms. The third-order valence-electron chi connectivity index (χ3n) is 2.97. The summed E-state index contributed by atoms with van der Waals surface area (Å²) < 4.78 is 15.1. The number of halogens is 2. The second kappa shape index (κ2) is 5.50. The van der Waals surface area contributed by atoms with E-state index in [1.165, 1.54) is 6.07 Å². The van der Waals surface area contributed by atoms with Crippen molar-refractivity contribution < 1.29 is 4.39 Å². The fourth-order valence-corrected chi connectivity index (χ4v) is 1.83. The number of hydrogen-bond donors (Lipinski definition) is 1. The van der Waals surface area contributed by atoms with Crippen LogP contribution < -0.4 is 5.32 Å². The van der Waals surface area contributed by atoms with Crippen LogP contribution >= 0.6 is 11.6 Å². The van der Waals surface area contributed by atoms with E-state index >= 15 is 0 Å². The fourth-order valence-electron chi connectivity index (χ4n) is 1.71. The summed E-state index contributed by atoms with van der Waals surface area (Å²) in [7, 11) is 1.91. The van der Waals surface area contributed by atoms with Gasteiger partial charge in [0.25, 0.3) is 0 Å². The summed E-state index contributed by atoms with van der Waals surface area (Å²) in [4.78, 5) is 0. The van der Waals surface area contributed by atoms with Crippen LogP contribution in [-0.4, -0.2) is 9.78 Å². The Balaban J connectivity index is 1.92. The Kier molecular flexibility index (Phi) is 3.99. The summed E-state index contributed by atoms with van der Waals surface area (Å²) >= 11 is 5.63. The summed E-state index contributed by atoms with van der Waals surface area (Å²) in [6, 6.07) is 4.84. The first-order chi connectivity index (χ1) is 8.58. The van der Waals surface area contributed by atoms with Gasteiger partial charge in [-0.25, -0.2) is 4.39 Å². The molecule has 1 N–H and O–H groups in total. The first-order valence-corrected chi connectivity index (χ1v) is 6.08. The van der Waals surface area contributed by atoms with E-state index in [4.69, 9.17) is 11.6 Å². The van der Waals surface area contributed by atoms with Gasteiger partial charge in [0.1, 0.15) is 5.82 Å². The topological polar surface area (TPSA) is 29.9 Å². The molecular weight excluding hydrogens is 253 g/mol. The molecule has 0 bridgehead atoms. The minimum absolute atomic E-state index is 0.154. The molecule has 2 aromatic rings. The maximum Gasteiger partial charge on any atom is 0.142 e. The number of nitrogens with zero attached hydrogens (tertiary/aromatic N) is 2. The lowest BCUT2D eigenvalue weighted by Crippen LogP contribution is -2.13. The van der Waals surface area contributed by atoms with Gasteiger partial charge in [0.05, 0.1) is 11.2 Å². The number of rotatable bonds is 4. The van der Waals surface area contributed by atoms with E-state index in [1.807, 2.05) is 30.9 Å². The summed E-state index contributed by atoms with van der Waals surface area (Å²) in [5.41, 5.74) is 3.15. The lowest BCUT2D eigenvalue weighted by molar-refractivity contribution is 0.620. The third-order valence-corrected chi connectivity index (χ3v) is 3.27. The van der Waals surface area contributed by atoms with E-state index in [0.717, 1.165) is 16.8 Å². The summed E-state index contributed by atoms with van der Waals surface area (Å²) in [6.07, 6.45) is 1.84. The van der Waals surface area contributed by atoms with Gasteiger partial charge in [0.15, 0.2) is 0 Å². The molecule has 0 aliphatic carbocycles. The summed E-state index contributed by atoms with van der Waals surface area (Å²) in [6.45, 7) is 3.33. The minimum atomic E-state index is -0.381. The average Bonchev–Trinajstić information content (AvgIpc) is 2.66. The van der Waals surface area contributed by atoms with Gasteiger partial charge < -0.3 is 5.32 Å². The lowest BCUT2D eigenvalue weighted by atomic mass is 10.2. The standard InChI is InChI=1S/C13H15ClFN3/c1-9-11(8-17-18(9)2)7-16-6-10-3-4-12(14)13(15)5-10/h3-5,8,16H,6-7H2,1-2H3. The predicted octanol–water partition coefficient (Wildman–Crippen LogP) is 2.81. The van der Waals surface area contributed by atoms with Gasteiger partial charge in [-0.3, -0.25) is 4.68 Å². The van der Waals surface area contributed by atoms with E-state index in [1.54, 1.807) is 6.07 Å². The molecule has 0 saturated carbocycles. The van der Waals surface area contributed by atoms with Crippen LogP contribution in [0.4, 0.5) is 4.39 Å². The molecule has 0 saturated heterocycles. The highest BCUT2D eigenvalue weighted by Gasteiger charge is 2.04. The molecule has 0 unspecified atom stereocenters. The normalized spacial score (nSPS) is 10.9. The molecule has 96 valence electrons. The molecule has 5 heteroatoms. The molecule has 1 aromatic carbocycles. The number of aryl methyl sites for hydroxylation is 1. The van der Waals surface area contributed by atoms with E-state index in [0.29, 0.717) is 13.1 Å². The van der Waals surface area contributed by atoms with Gasteiger partial charge in [-0.15, -0.1) is 0 Å². The van der Waals surface area contributed by atoms with Crippen LogP contribution in [0.1, 0.15) is 16.8 Å². The van der Waals surface area contributed by atoms with E-state index in [-0.39, 0.29) is 10.8 Å². The molecule has 0 aliphatic rings. The first kappa shape index (κ1) is 13.1. The Bertz CT molecular complexity index is 551. The van der Waals surface area contributed by atoms with Gasteiger partial charge in [-0.2, -0.15) is 5.10 Å². The van der Waals surface area contributed by atoms with Crippen molar-refractivity contribution >= 4 is 11.6 Å². The molecule has 2 rings (SSSR count). The van der Waals surface area contributed by atoms with Crippen molar-refractivity contribution in [3.63, 3.8) is 0 Å². The van der Waals surface area contributed by atoms with E-state index in [9.17, 15) is 4.39 Å². The van der Waals surface area contributed by atoms with Crippen LogP contribution in [0.3, 0.4) is 0 Å². The van der Waals surface area contributed by atoms with Crippen LogP contribution in [-0.2, 0) is 20.1 Å². The zero-order valence-corrected chi connectivity index (χ0v) is 11.1. The quantitative estimate of drug-likeness (QED) is 0.923. The lowest BCUT2D eigenvalue weighted by Gasteiger charge is -2.05. The largest absolute Gasteiger partial charge is 0.308 e. The van der Waals surface area contributed by atoms with Crippen molar-refractivity contribution in [3.05, 3.63) is 52.1 Å². The molecule has 0 atom stereocenters. The van der Waals surface area contributed by atoms with Gasteiger partial charge in [0, 0.05) is 31.4 Å². The molecule has 1 aromatic heterocycles. The van der Waals surface area contributed by atoms with E-state index < -0.39 is 0 Å². The molecule has 3 nitrogen and oxygen atoms in total. The zero-order valence-electron chi connectivity index (χ0n) is 10.4. The van der Waals surface area contributed by atoms with Crippen LogP contribution in [0, 0.1) is 12.7 Å². The van der Waals surface area contributed by atoms with Gasteiger partial charge in [0.2, 0.25) is 0 Å². The Labute approximate surface area is 111 Å². The fraction of sp³-hybridized carbons (Fsp3) is 0.308. The predicted molar refractivity (Wildman–Crippen MR) is 69.9 cm³/mol. The molecule has 0 aliphatic heterocycles. The monoisotopic (exact) mass is 267 g/mol. The van der Waals surface area contributed by atoms with E-state index in [2.05, 4.69) is 10.4 Å². The van der Waals surface area contributed by atoms with Crippen LogP contribution in [0.2, 0.25) is 5.02 Å². The highest BCUT2D eigenvalue weighted by Crippen LogP contribution is 2.15. The third kappa shape index (κ3) is 2.89. The van der Waals surface area contributed by atoms with Crippen molar-refractivity contribution in [2.45, 2.75) is 20.0 Å². The molecule has 18 heavy (non-hydrogen) atoms. The van der Waals surface area contributed by atoms with Crippen molar-refractivity contribution in [2.24, 2.45) is 7.05 Å². The highest BCUT2D eigenvalue weighted by atomic mass is 35.5. The molecule has 0 fully saturated rings. The molecule has 1 heterocycles. The Morgan fingerprint density at radius 1 is 1.39 bits per heavy atom. The van der Waals surface area contributed by atoms with Crippen LogP contribution in [0.5, 0.6) is 0 Å². The van der Waals surface area contributed by atoms with Crippen molar-refractivity contribution in [3.8, 4) is 0 Å². The van der Waals surface area contributed by atoms with Gasteiger partial charge in [-0.1, -0.05) is 17.7 Å². The smallest absolute Gasteiger partial charge is 0.142 e. The van der Waals surface area contributed by atoms with Crippen LogP contribution in [0.25, 0.3) is 0 Å². The first-order valence-electron chi connectivity index (χ1n) is 5.70. The zero-order chi connectivity index (χ0) is 13.1. The number of hydrogen-bond acceptors (Lipinski definition) is 2. The molecule has 0 radical (unpaired) electrons. The Morgan fingerprint density at radius 3 is 2.78 bits per heavy atom. The SMILES string of the molecule is Cc1c(CNCc2ccc(Cl)c(F)c2)cnn1C. The number of aromatic nitrogens is 2. The minimum Gasteiger partial charge on any atom is -0.308 e. The second-order valence-corrected chi connectivity index (χ2v) is 4.64. The summed E-state index contributed by atoms with van der Waals surface area (Å²) in [5.74, 6) is -0.381. The average molecular weight is 268 g/mol. The van der Waals surface area contributed by atoms with Crippen LogP contribution in [0.15, 0.2) is 24.4 Å². The maximum atomic E-state index is 13.2. The number of nitrogens with one attached hydrogen (secondary N) is 1. The number of benzene rings is 1. The molecular formula is C13H15ClFN3. The highest BCUT2D eigenvalue weighted by molar-refractivity contribution is 6.30. The Hall–Kier alpha value is -1.39. The van der Waals surface area contributed by atoms with Crippen molar-refractivity contribution in [2.75, 3.05) is 0 Å². The second-order valence-electron chi connectivity index (χ2n) is 4.23. The van der Waals surface area contributed by atoms with Gasteiger partial charge >= 0.3 is 0 Å². The van der Waals surface area contributed by atoms with Crippen molar-refractivity contribution in [1.29, 1.82) is 0 Å². The Morgan fingerprint density at radius 2 is 2.17 bits per heavy atom. The van der Waals surface area contributed by atoms with Crippen molar-refractivity contribution in [1.82, 2.24) is 15.1 Å².